The Kier molecular flexibility index (Phi) is 4.00. The molecule has 22 heavy (non-hydrogen) atoms. The summed E-state index contributed by atoms with van der Waals surface area (Å²) >= 11 is 0. The van der Waals surface area contributed by atoms with Crippen LogP contribution in [0.25, 0.3) is 11.4 Å². The van der Waals surface area contributed by atoms with Crippen molar-refractivity contribution in [1.82, 2.24) is 20.6 Å². The molecule has 0 spiro atoms. The number of H-pyrrole nitrogens is 1. The van der Waals surface area contributed by atoms with E-state index in [1.54, 1.807) is 7.11 Å². The number of ether oxygens (including phenoxy) is 2. The molecule has 112 valence electrons. The molecule has 0 saturated heterocycles. The highest BCUT2D eigenvalue weighted by atomic mass is 16.5. The standard InChI is InChI=1S/C16H16N4O2/c1-11-4-3-5-12(8-11)10-22-14-7-6-13(9-15(14)21-2)16-17-19-20-18-16/h3-9H,10H2,1-2H3,(H,17,18,19,20). The van der Waals surface area contributed by atoms with E-state index in [0.29, 0.717) is 23.9 Å². The normalized spacial score (nSPS) is 10.5. The predicted molar refractivity (Wildman–Crippen MR) is 81.7 cm³/mol. The summed E-state index contributed by atoms with van der Waals surface area (Å²) < 4.78 is 11.2. The number of rotatable bonds is 5. The van der Waals surface area contributed by atoms with E-state index in [0.717, 1.165) is 11.1 Å². The molecule has 0 aliphatic carbocycles. The van der Waals surface area contributed by atoms with Crippen LogP contribution in [0.4, 0.5) is 0 Å². The topological polar surface area (TPSA) is 72.9 Å². The van der Waals surface area contributed by atoms with Crippen LogP contribution in [0.1, 0.15) is 11.1 Å². The molecule has 2 aromatic carbocycles. The van der Waals surface area contributed by atoms with Crippen LogP contribution in [-0.4, -0.2) is 27.7 Å². The van der Waals surface area contributed by atoms with E-state index in [2.05, 4.69) is 39.7 Å². The zero-order valence-electron chi connectivity index (χ0n) is 12.4. The van der Waals surface area contributed by atoms with E-state index in [9.17, 15) is 0 Å². The molecule has 6 heteroatoms. The number of aryl methyl sites for hydroxylation is 1. The molecule has 6 nitrogen and oxygen atoms in total. The van der Waals surface area contributed by atoms with Crippen LogP contribution < -0.4 is 9.47 Å². The maximum Gasteiger partial charge on any atom is 0.204 e. The third-order valence-electron chi connectivity index (χ3n) is 3.24. The summed E-state index contributed by atoms with van der Waals surface area (Å²) in [5.41, 5.74) is 3.14. The Morgan fingerprint density at radius 3 is 2.73 bits per heavy atom. The molecule has 0 aliphatic heterocycles. The number of methoxy groups -OCH3 is 1. The van der Waals surface area contributed by atoms with E-state index in [-0.39, 0.29) is 0 Å². The minimum atomic E-state index is 0.486. The highest BCUT2D eigenvalue weighted by Crippen LogP contribution is 2.31. The van der Waals surface area contributed by atoms with E-state index >= 15 is 0 Å². The first-order valence-corrected chi connectivity index (χ1v) is 6.86. The lowest BCUT2D eigenvalue weighted by molar-refractivity contribution is 0.284. The van der Waals surface area contributed by atoms with Crippen molar-refractivity contribution in [2.75, 3.05) is 7.11 Å². The molecule has 1 N–H and O–H groups in total. The number of nitrogens with one attached hydrogen (secondary N) is 1. The van der Waals surface area contributed by atoms with Crippen LogP contribution in [0.15, 0.2) is 42.5 Å². The van der Waals surface area contributed by atoms with Crippen LogP contribution in [0.5, 0.6) is 11.5 Å². The molecule has 3 rings (SSSR count). The maximum atomic E-state index is 5.85. The minimum absolute atomic E-state index is 0.486. The zero-order chi connectivity index (χ0) is 15.4. The molecule has 0 bridgehead atoms. The fourth-order valence-electron chi connectivity index (χ4n) is 2.17. The van der Waals surface area contributed by atoms with Crippen LogP contribution in [0.2, 0.25) is 0 Å². The van der Waals surface area contributed by atoms with Gasteiger partial charge < -0.3 is 9.47 Å². The maximum absolute atomic E-state index is 5.85. The molecular formula is C16H16N4O2. The van der Waals surface area contributed by atoms with Crippen LogP contribution in [0, 0.1) is 6.92 Å². The molecule has 0 aliphatic rings. The molecule has 0 radical (unpaired) electrons. The number of hydrogen-bond acceptors (Lipinski definition) is 5. The Hall–Kier alpha value is -2.89. The molecule has 0 amide bonds. The molecule has 0 fully saturated rings. The quantitative estimate of drug-likeness (QED) is 0.783. The van der Waals surface area contributed by atoms with Gasteiger partial charge in [-0.3, -0.25) is 0 Å². The molecule has 1 heterocycles. The van der Waals surface area contributed by atoms with Crippen molar-refractivity contribution >= 4 is 0 Å². The lowest BCUT2D eigenvalue weighted by Gasteiger charge is -2.11. The monoisotopic (exact) mass is 296 g/mol. The van der Waals surface area contributed by atoms with Gasteiger partial charge in [0.15, 0.2) is 11.5 Å². The fourth-order valence-corrected chi connectivity index (χ4v) is 2.17. The number of aromatic nitrogens is 4. The third kappa shape index (κ3) is 3.06. The SMILES string of the molecule is COc1cc(-c2nn[nH]n2)ccc1OCc1cccc(C)c1. The van der Waals surface area contributed by atoms with Crippen molar-refractivity contribution in [2.24, 2.45) is 0 Å². The fraction of sp³-hybridized carbons (Fsp3) is 0.188. The van der Waals surface area contributed by atoms with Gasteiger partial charge >= 0.3 is 0 Å². The Morgan fingerprint density at radius 2 is 2.00 bits per heavy atom. The van der Waals surface area contributed by atoms with Crippen molar-refractivity contribution in [2.45, 2.75) is 13.5 Å². The van der Waals surface area contributed by atoms with Crippen molar-refractivity contribution in [3.8, 4) is 22.9 Å². The van der Waals surface area contributed by atoms with E-state index < -0.39 is 0 Å². The molecule has 3 aromatic rings. The number of hydrogen-bond donors (Lipinski definition) is 1. The minimum Gasteiger partial charge on any atom is -0.493 e. The Balaban J connectivity index is 1.79. The van der Waals surface area contributed by atoms with Gasteiger partial charge in [0.1, 0.15) is 6.61 Å². The van der Waals surface area contributed by atoms with Gasteiger partial charge in [-0.05, 0) is 35.9 Å². The summed E-state index contributed by atoms with van der Waals surface area (Å²) in [5, 5.41) is 13.9. The Morgan fingerprint density at radius 1 is 1.09 bits per heavy atom. The lowest BCUT2D eigenvalue weighted by atomic mass is 10.1. The van der Waals surface area contributed by atoms with Crippen molar-refractivity contribution < 1.29 is 9.47 Å². The highest BCUT2D eigenvalue weighted by molar-refractivity contribution is 5.60. The smallest absolute Gasteiger partial charge is 0.204 e. The second-order valence-electron chi connectivity index (χ2n) is 4.88. The lowest BCUT2D eigenvalue weighted by Crippen LogP contribution is -1.98. The summed E-state index contributed by atoms with van der Waals surface area (Å²) in [4.78, 5) is 0. The van der Waals surface area contributed by atoms with Crippen LogP contribution in [-0.2, 0) is 6.61 Å². The first kappa shape index (κ1) is 14.1. The first-order valence-electron chi connectivity index (χ1n) is 6.86. The van der Waals surface area contributed by atoms with Gasteiger partial charge in [0.2, 0.25) is 5.82 Å². The van der Waals surface area contributed by atoms with Gasteiger partial charge in [-0.1, -0.05) is 29.8 Å². The highest BCUT2D eigenvalue weighted by Gasteiger charge is 2.10. The molecule has 0 saturated carbocycles. The number of nitrogens with zero attached hydrogens (tertiary/aromatic N) is 3. The predicted octanol–water partition coefficient (Wildman–Crippen LogP) is 2.76. The van der Waals surface area contributed by atoms with Crippen molar-refractivity contribution in [3.63, 3.8) is 0 Å². The third-order valence-corrected chi connectivity index (χ3v) is 3.24. The van der Waals surface area contributed by atoms with Gasteiger partial charge in [0.25, 0.3) is 0 Å². The second-order valence-corrected chi connectivity index (χ2v) is 4.88. The molecule has 0 atom stereocenters. The largest absolute Gasteiger partial charge is 0.493 e. The second kappa shape index (κ2) is 6.26. The van der Waals surface area contributed by atoms with E-state index in [1.807, 2.05) is 30.3 Å². The van der Waals surface area contributed by atoms with Crippen molar-refractivity contribution in [1.29, 1.82) is 0 Å². The van der Waals surface area contributed by atoms with Crippen LogP contribution >= 0.6 is 0 Å². The Bertz CT molecular complexity index is 757. The van der Waals surface area contributed by atoms with Gasteiger partial charge in [0, 0.05) is 5.56 Å². The van der Waals surface area contributed by atoms with E-state index in [4.69, 9.17) is 9.47 Å². The van der Waals surface area contributed by atoms with Gasteiger partial charge in [-0.2, -0.15) is 5.21 Å². The molecular weight excluding hydrogens is 280 g/mol. The van der Waals surface area contributed by atoms with Crippen molar-refractivity contribution in [3.05, 3.63) is 53.6 Å². The summed E-state index contributed by atoms with van der Waals surface area (Å²) in [7, 11) is 1.61. The van der Waals surface area contributed by atoms with Crippen LogP contribution in [0.3, 0.4) is 0 Å². The molecule has 0 unspecified atom stereocenters. The average Bonchev–Trinajstić information content (AvgIpc) is 3.07. The summed E-state index contributed by atoms with van der Waals surface area (Å²) in [6, 6.07) is 13.8. The molecule has 1 aromatic heterocycles. The first-order chi connectivity index (χ1) is 10.8. The zero-order valence-corrected chi connectivity index (χ0v) is 12.4. The van der Waals surface area contributed by atoms with E-state index in [1.165, 1.54) is 5.56 Å². The summed E-state index contributed by atoms with van der Waals surface area (Å²) in [6.45, 7) is 2.55. The number of aromatic amines is 1. The van der Waals surface area contributed by atoms with Gasteiger partial charge in [-0.25, -0.2) is 0 Å². The Labute approximate surface area is 128 Å². The number of benzene rings is 2. The summed E-state index contributed by atoms with van der Waals surface area (Å²) in [5.74, 6) is 1.83. The van der Waals surface area contributed by atoms with Gasteiger partial charge in [-0.15, -0.1) is 10.2 Å². The summed E-state index contributed by atoms with van der Waals surface area (Å²) in [6.07, 6.45) is 0. The number of tetrazole rings is 1. The van der Waals surface area contributed by atoms with Gasteiger partial charge in [0.05, 0.1) is 7.11 Å². The average molecular weight is 296 g/mol.